The van der Waals surface area contributed by atoms with Crippen LogP contribution in [0.3, 0.4) is 0 Å². The molecule has 266 valence electrons. The van der Waals surface area contributed by atoms with Gasteiger partial charge in [0.15, 0.2) is 29.6 Å². The molecule has 2 unspecified atom stereocenters. The minimum atomic E-state index is -1.70. The van der Waals surface area contributed by atoms with Gasteiger partial charge in [0.25, 0.3) is 14.1 Å². The maximum absolute atomic E-state index is 13.1. The molecular weight excluding hydrogens is 645 g/mol. The minimum Gasteiger partial charge on any atom is -0.455 e. The van der Waals surface area contributed by atoms with E-state index < -0.39 is 62.4 Å². The lowest BCUT2D eigenvalue weighted by Gasteiger charge is -2.36. The quantitative estimate of drug-likeness (QED) is 0.145. The lowest BCUT2D eigenvalue weighted by Crippen LogP contribution is -2.42. The topological polar surface area (TPSA) is 200 Å². The van der Waals surface area contributed by atoms with Crippen molar-refractivity contribution < 1.29 is 37.6 Å². The summed E-state index contributed by atoms with van der Waals surface area (Å²) in [5, 5.41) is 11.7. The second kappa shape index (κ2) is 17.3. The highest BCUT2D eigenvalue weighted by Gasteiger charge is 2.52. The van der Waals surface area contributed by atoms with E-state index in [1.54, 1.807) is 41.5 Å². The molecule has 48 heavy (non-hydrogen) atoms. The molecule has 0 bridgehead atoms. The molecule has 1 aliphatic heterocycles. The first-order valence-electron chi connectivity index (χ1n) is 16.1. The Labute approximate surface area is 281 Å². The van der Waals surface area contributed by atoms with Gasteiger partial charge < -0.3 is 23.3 Å². The Balaban J connectivity index is 2.10. The predicted molar refractivity (Wildman–Crippen MR) is 176 cm³/mol. The Morgan fingerprint density at radius 2 is 1.60 bits per heavy atom. The predicted octanol–water partition coefficient (Wildman–Crippen LogP) is 4.04. The summed E-state index contributed by atoms with van der Waals surface area (Å²) in [6.45, 7) is 18.1. The number of aromatic amines is 1. The summed E-state index contributed by atoms with van der Waals surface area (Å²) in [4.78, 5) is 62.6. The lowest BCUT2D eigenvalue weighted by atomic mass is 10.1. The third-order valence-corrected chi connectivity index (χ3v) is 9.29. The summed E-state index contributed by atoms with van der Waals surface area (Å²) in [7, 11) is -1.70. The maximum atomic E-state index is 13.1. The molecular formula is C31H48N7O9P. The van der Waals surface area contributed by atoms with Crippen LogP contribution >= 0.6 is 8.53 Å². The molecule has 16 nitrogen and oxygen atoms in total. The molecule has 3 rings (SSSR count). The fourth-order valence-corrected chi connectivity index (χ4v) is 6.37. The average molecular weight is 694 g/mol. The molecule has 1 fully saturated rings. The number of carbonyl (C=O) groups is 3. The number of esters is 2. The molecule has 1 aliphatic rings. The monoisotopic (exact) mass is 693 g/mol. The molecule has 0 aromatic carbocycles. The van der Waals surface area contributed by atoms with E-state index in [0.717, 1.165) is 0 Å². The highest BCUT2D eigenvalue weighted by Crippen LogP contribution is 2.47. The highest BCUT2D eigenvalue weighted by atomic mass is 31.2. The molecule has 0 radical (unpaired) electrons. The zero-order chi connectivity index (χ0) is 35.9. The fraction of sp³-hybridized carbons (Fsp3) is 0.710. The number of carbonyl (C=O) groups excluding carboxylic acids is 3. The number of rotatable bonds is 16. The van der Waals surface area contributed by atoms with Crippen LogP contribution in [0.5, 0.6) is 0 Å². The van der Waals surface area contributed by atoms with Gasteiger partial charge in [0, 0.05) is 18.0 Å². The van der Waals surface area contributed by atoms with Crippen LogP contribution in [0.4, 0.5) is 5.95 Å². The van der Waals surface area contributed by atoms with Gasteiger partial charge in [-0.25, -0.2) is 9.65 Å². The normalized spacial score (nSPS) is 20.3. The number of nitrogens with zero attached hydrogens (tertiary/aromatic N) is 5. The minimum absolute atomic E-state index is 0.0246. The molecule has 2 aromatic heterocycles. The molecule has 1 amide bonds. The smallest absolute Gasteiger partial charge is 0.308 e. The summed E-state index contributed by atoms with van der Waals surface area (Å²) < 4.78 is 34.2. The number of hydrogen-bond donors (Lipinski definition) is 2. The van der Waals surface area contributed by atoms with Gasteiger partial charge >= 0.3 is 11.9 Å². The van der Waals surface area contributed by atoms with Crippen molar-refractivity contribution in [1.82, 2.24) is 24.2 Å². The summed E-state index contributed by atoms with van der Waals surface area (Å²) in [6.07, 6.45) is -3.03. The second-order valence-electron chi connectivity index (χ2n) is 12.9. The van der Waals surface area contributed by atoms with Crippen molar-refractivity contribution in [2.24, 2.45) is 17.8 Å². The van der Waals surface area contributed by atoms with Crippen molar-refractivity contribution in [2.45, 2.75) is 112 Å². The summed E-state index contributed by atoms with van der Waals surface area (Å²) in [6, 6.07) is 2.12. The molecule has 5 atom stereocenters. The molecule has 2 aromatic rings. The number of H-pyrrole nitrogens is 1. The molecule has 0 spiro atoms. The number of fused-ring (bicyclic) bond motifs is 1. The van der Waals surface area contributed by atoms with Crippen molar-refractivity contribution in [3.05, 3.63) is 16.7 Å². The van der Waals surface area contributed by atoms with Crippen LogP contribution in [0.2, 0.25) is 0 Å². The number of anilines is 1. The van der Waals surface area contributed by atoms with Crippen LogP contribution in [0, 0.1) is 29.1 Å². The van der Waals surface area contributed by atoms with Gasteiger partial charge in [-0.15, -0.1) is 0 Å². The number of aromatic nitrogens is 4. The van der Waals surface area contributed by atoms with Gasteiger partial charge in [0.05, 0.1) is 43.9 Å². The van der Waals surface area contributed by atoms with E-state index >= 15 is 0 Å². The van der Waals surface area contributed by atoms with Crippen molar-refractivity contribution in [1.29, 1.82) is 5.26 Å². The van der Waals surface area contributed by atoms with Crippen LogP contribution in [0.1, 0.15) is 81.9 Å². The second-order valence-corrected chi connectivity index (χ2v) is 14.4. The zero-order valence-electron chi connectivity index (χ0n) is 29.3. The lowest BCUT2D eigenvalue weighted by molar-refractivity contribution is -0.172. The number of hydrogen-bond acceptors (Lipinski definition) is 13. The number of nitriles is 1. The van der Waals surface area contributed by atoms with Crippen LogP contribution < -0.4 is 10.9 Å². The number of nitrogens with one attached hydrogen (secondary N) is 2. The number of amides is 1. The summed E-state index contributed by atoms with van der Waals surface area (Å²) in [5.41, 5.74) is -0.627. The Hall–Kier alpha value is -3.48. The van der Waals surface area contributed by atoms with Crippen LogP contribution in [-0.2, 0) is 37.6 Å². The average Bonchev–Trinajstić information content (AvgIpc) is 3.56. The fourth-order valence-electron chi connectivity index (χ4n) is 4.76. The van der Waals surface area contributed by atoms with E-state index in [0.29, 0.717) is 0 Å². The summed E-state index contributed by atoms with van der Waals surface area (Å²) >= 11 is 0. The number of ether oxygens (including phenoxy) is 3. The molecule has 3 heterocycles. The first-order valence-corrected chi connectivity index (χ1v) is 17.3. The van der Waals surface area contributed by atoms with E-state index in [1.165, 1.54) is 10.9 Å². The summed E-state index contributed by atoms with van der Waals surface area (Å²) in [5.74, 6) is -3.04. The van der Waals surface area contributed by atoms with Gasteiger partial charge in [-0.1, -0.05) is 41.5 Å². The third kappa shape index (κ3) is 9.57. The number of imidazole rings is 1. The van der Waals surface area contributed by atoms with Crippen molar-refractivity contribution in [3.63, 3.8) is 0 Å². The Morgan fingerprint density at radius 3 is 2.15 bits per heavy atom. The van der Waals surface area contributed by atoms with Gasteiger partial charge in [0.2, 0.25) is 11.9 Å². The largest absolute Gasteiger partial charge is 0.455 e. The van der Waals surface area contributed by atoms with Gasteiger partial charge in [-0.2, -0.15) is 10.2 Å². The van der Waals surface area contributed by atoms with E-state index in [-0.39, 0.29) is 60.7 Å². The van der Waals surface area contributed by atoms with E-state index in [9.17, 15) is 19.2 Å². The standard InChI is InChI=1S/C31H48N7O9P/c1-16(2)26(39)35-31-34-25-22(27(40)36-31)33-15-37(25)28-24(47-30(42)18(5)6)23(46-29(41)17(3)4)21(45-28)14-44-48(43-13-11-12-32)38(19(7)8)20(9)10/h15-21,23-24,28H,11,13-14H2,1-10H3,(H2,34,35,36,39,40)/t21-,23?,24-,28-,48?/m1/s1. The Kier molecular flexibility index (Phi) is 14.0. The SMILES string of the molecule is CC(C)C(=O)Nc1nc2c(ncn2[C@@H]2O[C@H](COP(OCCC#N)N(C(C)C)C(C)C)C(OC(=O)C(C)C)[C@H]2OC(=O)C(C)C)c(=O)[nH]1. The van der Waals surface area contributed by atoms with Crippen molar-refractivity contribution in [3.8, 4) is 6.07 Å². The van der Waals surface area contributed by atoms with E-state index in [4.69, 9.17) is 28.5 Å². The molecule has 0 saturated carbocycles. The maximum Gasteiger partial charge on any atom is 0.308 e. The van der Waals surface area contributed by atoms with Crippen molar-refractivity contribution in [2.75, 3.05) is 18.5 Å². The van der Waals surface area contributed by atoms with Gasteiger partial charge in [-0.05, 0) is 27.7 Å². The highest BCUT2D eigenvalue weighted by molar-refractivity contribution is 7.44. The third-order valence-electron chi connectivity index (χ3n) is 7.22. The first kappa shape index (κ1) is 39.0. The van der Waals surface area contributed by atoms with E-state index in [2.05, 4.69) is 26.3 Å². The Morgan fingerprint density at radius 1 is 1.00 bits per heavy atom. The molecule has 1 saturated heterocycles. The Bertz CT molecular complexity index is 1510. The van der Waals surface area contributed by atoms with Gasteiger partial charge in [-0.3, -0.25) is 34.0 Å². The van der Waals surface area contributed by atoms with Crippen molar-refractivity contribution >= 4 is 43.5 Å². The molecule has 17 heteroatoms. The van der Waals surface area contributed by atoms with Crippen LogP contribution in [0.25, 0.3) is 11.2 Å². The van der Waals surface area contributed by atoms with Crippen LogP contribution in [0.15, 0.2) is 11.1 Å². The molecule has 0 aliphatic carbocycles. The molecule has 2 N–H and O–H groups in total. The zero-order valence-corrected chi connectivity index (χ0v) is 30.1. The van der Waals surface area contributed by atoms with E-state index in [1.807, 2.05) is 32.4 Å². The van der Waals surface area contributed by atoms with Gasteiger partial charge in [0.1, 0.15) is 6.10 Å². The van der Waals surface area contributed by atoms with Crippen LogP contribution in [-0.4, -0.2) is 85.6 Å². The first-order chi connectivity index (χ1) is 22.6.